The highest BCUT2D eigenvalue weighted by Gasteiger charge is 2.18. The number of nitrogens with zero attached hydrogens (tertiary/aromatic N) is 1. The summed E-state index contributed by atoms with van der Waals surface area (Å²) in [6.07, 6.45) is 3.14. The number of carbonyl (C=O) groups excluding carboxylic acids is 1. The number of benzene rings is 1. The fraction of sp³-hybridized carbons (Fsp3) is 0.250. The maximum atomic E-state index is 12.6. The Hall–Kier alpha value is -2.86. The number of amides is 1. The van der Waals surface area contributed by atoms with Crippen LogP contribution in [0, 0.1) is 6.92 Å². The quantitative estimate of drug-likeness (QED) is 0.520. The van der Waals surface area contributed by atoms with Crippen LogP contribution in [-0.4, -0.2) is 18.0 Å². The van der Waals surface area contributed by atoms with Crippen LogP contribution in [0.25, 0.3) is 11.0 Å². The number of fused-ring (bicyclic) bond motifs is 1. The lowest BCUT2D eigenvalue weighted by atomic mass is 10.0. The first-order chi connectivity index (χ1) is 12.9. The van der Waals surface area contributed by atoms with E-state index in [9.17, 15) is 9.59 Å². The smallest absolute Gasteiger partial charge is 0.349 e. The van der Waals surface area contributed by atoms with Crippen molar-refractivity contribution in [2.75, 3.05) is 12.4 Å². The van der Waals surface area contributed by atoms with Gasteiger partial charge in [0.1, 0.15) is 16.9 Å². The predicted molar refractivity (Wildman–Crippen MR) is 105 cm³/mol. The molecule has 0 spiro atoms. The lowest BCUT2D eigenvalue weighted by Gasteiger charge is -2.11. The first-order valence-corrected chi connectivity index (χ1v) is 8.89. The van der Waals surface area contributed by atoms with Gasteiger partial charge in [-0.25, -0.2) is 9.78 Å². The largest absolute Gasteiger partial charge is 0.496 e. The second kappa shape index (κ2) is 7.80. The minimum absolute atomic E-state index is 0.104. The number of rotatable bonds is 5. The fourth-order valence-electron chi connectivity index (χ4n) is 2.89. The molecule has 0 aliphatic heterocycles. The molecule has 1 N–H and O–H groups in total. The average molecular weight is 387 g/mol. The first kappa shape index (κ1) is 18.9. The minimum Gasteiger partial charge on any atom is -0.496 e. The highest BCUT2D eigenvalue weighted by molar-refractivity contribution is 6.32. The highest BCUT2D eigenvalue weighted by Crippen LogP contribution is 2.29. The van der Waals surface area contributed by atoms with Crippen LogP contribution in [0.5, 0.6) is 5.75 Å². The van der Waals surface area contributed by atoms with Crippen LogP contribution in [0.15, 0.2) is 39.7 Å². The zero-order valence-corrected chi connectivity index (χ0v) is 16.0. The van der Waals surface area contributed by atoms with Crippen LogP contribution in [-0.2, 0) is 6.42 Å². The summed E-state index contributed by atoms with van der Waals surface area (Å²) in [4.78, 5) is 29.0. The van der Waals surface area contributed by atoms with Crippen LogP contribution >= 0.6 is 11.6 Å². The predicted octanol–water partition coefficient (Wildman–Crippen LogP) is 4.36. The molecule has 0 aliphatic rings. The van der Waals surface area contributed by atoms with Crippen molar-refractivity contribution in [3.63, 3.8) is 0 Å². The van der Waals surface area contributed by atoms with E-state index >= 15 is 0 Å². The number of pyridine rings is 1. The third kappa shape index (κ3) is 3.80. The molecule has 2 aromatic heterocycles. The third-order valence-corrected chi connectivity index (χ3v) is 4.45. The Balaban J connectivity index is 2.05. The van der Waals surface area contributed by atoms with Crippen molar-refractivity contribution >= 4 is 34.2 Å². The number of ether oxygens (including phenoxy) is 1. The van der Waals surface area contributed by atoms with Gasteiger partial charge in [0.05, 0.1) is 12.8 Å². The van der Waals surface area contributed by atoms with Gasteiger partial charge in [0, 0.05) is 17.1 Å². The molecule has 0 saturated heterocycles. The molecule has 140 valence electrons. The normalized spacial score (nSPS) is 10.8. The van der Waals surface area contributed by atoms with E-state index in [4.69, 9.17) is 20.8 Å². The zero-order valence-electron chi connectivity index (χ0n) is 15.3. The van der Waals surface area contributed by atoms with Crippen molar-refractivity contribution < 1.29 is 13.9 Å². The van der Waals surface area contributed by atoms with Gasteiger partial charge in [0.15, 0.2) is 5.15 Å². The second-order valence-corrected chi connectivity index (χ2v) is 6.53. The Morgan fingerprint density at radius 1 is 1.33 bits per heavy atom. The van der Waals surface area contributed by atoms with Crippen LogP contribution in [0.2, 0.25) is 5.15 Å². The van der Waals surface area contributed by atoms with Crippen molar-refractivity contribution in [3.05, 3.63) is 62.7 Å². The average Bonchev–Trinajstić information content (AvgIpc) is 2.65. The van der Waals surface area contributed by atoms with Crippen LogP contribution in [0.3, 0.4) is 0 Å². The molecule has 0 atom stereocenters. The van der Waals surface area contributed by atoms with Gasteiger partial charge in [0.2, 0.25) is 0 Å². The van der Waals surface area contributed by atoms with Gasteiger partial charge in [-0.1, -0.05) is 24.9 Å². The summed E-state index contributed by atoms with van der Waals surface area (Å²) < 4.78 is 10.9. The van der Waals surface area contributed by atoms with Gasteiger partial charge in [-0.3, -0.25) is 4.79 Å². The lowest BCUT2D eigenvalue weighted by molar-refractivity contribution is 0.102. The molecule has 7 heteroatoms. The number of methoxy groups -OCH3 is 1. The van der Waals surface area contributed by atoms with Crippen LogP contribution < -0.4 is 15.7 Å². The molecular weight excluding hydrogens is 368 g/mol. The van der Waals surface area contributed by atoms with Crippen molar-refractivity contribution in [1.29, 1.82) is 0 Å². The Labute approximate surface area is 161 Å². The summed E-state index contributed by atoms with van der Waals surface area (Å²) in [7, 11) is 1.57. The van der Waals surface area contributed by atoms with E-state index < -0.39 is 11.5 Å². The number of hydrogen-bond donors (Lipinski definition) is 1. The topological polar surface area (TPSA) is 81.4 Å². The van der Waals surface area contributed by atoms with E-state index in [1.165, 1.54) is 6.07 Å². The fourth-order valence-corrected chi connectivity index (χ4v) is 3.04. The molecule has 0 saturated carbocycles. The molecule has 1 amide bonds. The summed E-state index contributed by atoms with van der Waals surface area (Å²) in [6, 6.07) is 6.76. The number of hydrogen-bond acceptors (Lipinski definition) is 5. The molecule has 0 bridgehead atoms. The third-order valence-electron chi connectivity index (χ3n) is 4.15. The van der Waals surface area contributed by atoms with Gasteiger partial charge in [-0.2, -0.15) is 0 Å². The van der Waals surface area contributed by atoms with Gasteiger partial charge < -0.3 is 14.5 Å². The highest BCUT2D eigenvalue weighted by atomic mass is 35.5. The minimum atomic E-state index is -0.720. The van der Waals surface area contributed by atoms with Crippen molar-refractivity contribution in [1.82, 2.24) is 4.98 Å². The van der Waals surface area contributed by atoms with Crippen LogP contribution in [0.1, 0.15) is 34.8 Å². The van der Waals surface area contributed by atoms with Crippen molar-refractivity contribution in [2.45, 2.75) is 26.7 Å². The molecule has 2 heterocycles. The summed E-state index contributed by atoms with van der Waals surface area (Å²) >= 11 is 6.01. The molecule has 0 aliphatic carbocycles. The van der Waals surface area contributed by atoms with Crippen molar-refractivity contribution in [2.24, 2.45) is 0 Å². The summed E-state index contributed by atoms with van der Waals surface area (Å²) in [5, 5.41) is 3.41. The number of carbonyl (C=O) groups is 1. The van der Waals surface area contributed by atoms with Gasteiger partial charge in [-0.05, 0) is 43.2 Å². The number of aromatic nitrogens is 1. The SMILES string of the molecule is CCCc1c(OC)ccc2cc(C(=O)Nc3cc(C)cnc3Cl)c(=O)oc12. The molecule has 6 nitrogen and oxygen atoms in total. The molecular formula is C20H19ClN2O4. The van der Waals surface area contributed by atoms with E-state index in [0.29, 0.717) is 28.8 Å². The summed E-state index contributed by atoms with van der Waals surface area (Å²) in [6.45, 7) is 3.85. The monoisotopic (exact) mass is 386 g/mol. The number of halogens is 1. The number of nitrogens with one attached hydrogen (secondary N) is 1. The summed E-state index contributed by atoms with van der Waals surface area (Å²) in [5.41, 5.74) is 1.59. The Kier molecular flexibility index (Phi) is 5.46. The number of aryl methyl sites for hydroxylation is 2. The number of anilines is 1. The van der Waals surface area contributed by atoms with Gasteiger partial charge >= 0.3 is 5.63 Å². The van der Waals surface area contributed by atoms with Crippen LogP contribution in [0.4, 0.5) is 5.69 Å². The molecule has 0 unspecified atom stereocenters. The molecule has 3 rings (SSSR count). The molecule has 27 heavy (non-hydrogen) atoms. The van der Waals surface area contributed by atoms with E-state index in [-0.39, 0.29) is 10.7 Å². The van der Waals surface area contributed by atoms with Gasteiger partial charge in [-0.15, -0.1) is 0 Å². The standard InChI is InChI=1S/C20H19ClN2O4/c1-4-5-13-16(26-3)7-6-12-9-14(20(25)27-17(12)13)19(24)23-15-8-11(2)10-22-18(15)21/h6-10H,4-5H2,1-3H3,(H,23,24). The second-order valence-electron chi connectivity index (χ2n) is 6.17. The molecule has 1 aromatic carbocycles. The first-order valence-electron chi connectivity index (χ1n) is 8.51. The van der Waals surface area contributed by atoms with E-state index in [1.807, 2.05) is 13.8 Å². The van der Waals surface area contributed by atoms with E-state index in [0.717, 1.165) is 17.5 Å². The summed E-state index contributed by atoms with van der Waals surface area (Å²) in [5.74, 6) is 0.0510. The van der Waals surface area contributed by atoms with E-state index in [2.05, 4.69) is 10.3 Å². The van der Waals surface area contributed by atoms with Crippen molar-refractivity contribution in [3.8, 4) is 5.75 Å². The Morgan fingerprint density at radius 3 is 2.81 bits per heavy atom. The van der Waals surface area contributed by atoms with Gasteiger partial charge in [0.25, 0.3) is 5.91 Å². The Bertz CT molecular complexity index is 1080. The molecule has 0 fully saturated rings. The molecule has 0 radical (unpaired) electrons. The molecule has 3 aromatic rings. The maximum Gasteiger partial charge on any atom is 0.349 e. The van der Waals surface area contributed by atoms with E-state index in [1.54, 1.807) is 31.5 Å². The lowest BCUT2D eigenvalue weighted by Crippen LogP contribution is -2.21. The Morgan fingerprint density at radius 2 is 2.11 bits per heavy atom. The zero-order chi connectivity index (χ0) is 19.6. The maximum absolute atomic E-state index is 12.6.